The molecule has 0 aliphatic carbocycles. The van der Waals surface area contributed by atoms with Gasteiger partial charge in [-0.1, -0.05) is 17.4 Å². The van der Waals surface area contributed by atoms with E-state index in [2.05, 4.69) is 4.98 Å². The monoisotopic (exact) mass is 578 g/mol. The zero-order chi connectivity index (χ0) is 29.4. The van der Waals surface area contributed by atoms with Crippen LogP contribution in [0, 0.1) is 6.92 Å². The van der Waals surface area contributed by atoms with Crippen LogP contribution in [0.2, 0.25) is 0 Å². The van der Waals surface area contributed by atoms with Crippen LogP contribution in [0.3, 0.4) is 0 Å². The van der Waals surface area contributed by atoms with Gasteiger partial charge in [0.15, 0.2) is 16.6 Å². The number of esters is 1. The molecule has 2 aliphatic rings. The number of aromatic nitrogens is 1. The van der Waals surface area contributed by atoms with Gasteiger partial charge in [-0.2, -0.15) is 0 Å². The molecule has 10 nitrogen and oxygen atoms in total. The first-order valence-electron chi connectivity index (χ1n) is 13.2. The third-order valence-corrected chi connectivity index (χ3v) is 8.00. The van der Waals surface area contributed by atoms with Gasteiger partial charge in [-0.25, -0.2) is 9.78 Å². The van der Waals surface area contributed by atoms with Gasteiger partial charge >= 0.3 is 11.9 Å². The fourth-order valence-corrected chi connectivity index (χ4v) is 6.09. The topological polar surface area (TPSA) is 124 Å². The number of benzene rings is 2. The number of aliphatic hydroxyl groups is 1. The summed E-state index contributed by atoms with van der Waals surface area (Å²) in [4.78, 5) is 45.4. The van der Waals surface area contributed by atoms with Crippen molar-refractivity contribution in [2.24, 2.45) is 0 Å². The van der Waals surface area contributed by atoms with Gasteiger partial charge in [0, 0.05) is 12.0 Å². The predicted molar refractivity (Wildman–Crippen MR) is 152 cm³/mol. The standard InChI is InChI=1S/C30H30N2O8S/c1-6-38-21-11-8-17(14-22(21)39-7-2)24-23(25(33)18-9-10-20-19(13-18)12-15(3)40-20)26(34)28(35)32(24)30-31-16(4)27(41-30)29(36)37-5/h8-11,13-15,24,33H,6-7,12H2,1-5H3/t15-,24+/m0/s1. The van der Waals surface area contributed by atoms with E-state index in [1.54, 1.807) is 43.3 Å². The van der Waals surface area contributed by atoms with Gasteiger partial charge in [-0.15, -0.1) is 0 Å². The summed E-state index contributed by atoms with van der Waals surface area (Å²) in [6.45, 7) is 8.02. The molecule has 0 spiro atoms. The van der Waals surface area contributed by atoms with Crippen molar-refractivity contribution in [1.82, 2.24) is 4.98 Å². The number of anilines is 1. The molecule has 0 unspecified atom stereocenters. The molecule has 41 heavy (non-hydrogen) atoms. The smallest absolute Gasteiger partial charge is 0.350 e. The van der Waals surface area contributed by atoms with Crippen LogP contribution in [-0.4, -0.2) is 54.2 Å². The molecule has 1 aromatic heterocycles. The van der Waals surface area contributed by atoms with E-state index < -0.39 is 23.7 Å². The number of amides is 1. The maximum Gasteiger partial charge on any atom is 0.350 e. The molecule has 0 saturated carbocycles. The van der Waals surface area contributed by atoms with E-state index in [-0.39, 0.29) is 27.4 Å². The first-order chi connectivity index (χ1) is 19.7. The maximum atomic E-state index is 13.6. The summed E-state index contributed by atoms with van der Waals surface area (Å²) in [6.07, 6.45) is 0.644. The lowest BCUT2D eigenvalue weighted by Gasteiger charge is -2.24. The van der Waals surface area contributed by atoms with Crippen LogP contribution < -0.4 is 19.1 Å². The molecule has 2 atom stereocenters. The van der Waals surface area contributed by atoms with Gasteiger partial charge in [0.25, 0.3) is 5.78 Å². The maximum absolute atomic E-state index is 13.6. The number of aryl methyl sites for hydroxylation is 1. The number of nitrogens with zero attached hydrogens (tertiary/aromatic N) is 2. The minimum Gasteiger partial charge on any atom is -0.507 e. The molecule has 1 fully saturated rings. The average molecular weight is 579 g/mol. The molecule has 214 valence electrons. The summed E-state index contributed by atoms with van der Waals surface area (Å²) in [7, 11) is 1.25. The van der Waals surface area contributed by atoms with Crippen molar-refractivity contribution in [3.8, 4) is 17.2 Å². The van der Waals surface area contributed by atoms with E-state index in [4.69, 9.17) is 18.9 Å². The van der Waals surface area contributed by atoms with Crippen LogP contribution in [0.4, 0.5) is 5.13 Å². The Balaban J connectivity index is 1.71. The molecule has 5 rings (SSSR count). The minimum absolute atomic E-state index is 0.00836. The summed E-state index contributed by atoms with van der Waals surface area (Å²) >= 11 is 0.936. The number of hydrogen-bond donors (Lipinski definition) is 1. The zero-order valence-corrected chi connectivity index (χ0v) is 24.2. The normalized spacial score (nSPS) is 19.2. The van der Waals surface area contributed by atoms with E-state index in [0.29, 0.717) is 53.7 Å². The molecule has 1 N–H and O–H groups in total. The molecule has 11 heteroatoms. The first-order valence-corrected chi connectivity index (χ1v) is 14.1. The number of methoxy groups -OCH3 is 1. The van der Waals surface area contributed by atoms with Crippen molar-refractivity contribution in [2.75, 3.05) is 25.2 Å². The fraction of sp³-hybridized carbons (Fsp3) is 0.333. The molecule has 1 amide bonds. The summed E-state index contributed by atoms with van der Waals surface area (Å²) in [5.41, 5.74) is 2.01. The number of hydrogen-bond acceptors (Lipinski definition) is 10. The second-order valence-corrected chi connectivity index (χ2v) is 10.6. The third kappa shape index (κ3) is 5.01. The van der Waals surface area contributed by atoms with Crippen molar-refractivity contribution < 1.29 is 38.4 Å². The van der Waals surface area contributed by atoms with Gasteiger partial charge in [-0.05, 0) is 69.2 Å². The Bertz CT molecular complexity index is 1580. The summed E-state index contributed by atoms with van der Waals surface area (Å²) in [6, 6.07) is 9.20. The van der Waals surface area contributed by atoms with Gasteiger partial charge in [0.1, 0.15) is 22.5 Å². The molecule has 0 radical (unpaired) electrons. The number of ether oxygens (including phenoxy) is 4. The molecule has 3 heterocycles. The second kappa shape index (κ2) is 11.2. The summed E-state index contributed by atoms with van der Waals surface area (Å²) < 4.78 is 22.2. The van der Waals surface area contributed by atoms with E-state index in [1.165, 1.54) is 12.0 Å². The molecule has 1 saturated heterocycles. The minimum atomic E-state index is -1.07. The van der Waals surface area contributed by atoms with E-state index in [0.717, 1.165) is 16.9 Å². The number of rotatable bonds is 8. The predicted octanol–water partition coefficient (Wildman–Crippen LogP) is 4.99. The Kier molecular flexibility index (Phi) is 7.72. The number of carbonyl (C=O) groups excluding carboxylic acids is 3. The number of aliphatic hydroxyl groups excluding tert-OH is 1. The van der Waals surface area contributed by atoms with Crippen molar-refractivity contribution in [1.29, 1.82) is 0 Å². The van der Waals surface area contributed by atoms with Gasteiger partial charge < -0.3 is 24.1 Å². The SMILES string of the molecule is CCOc1ccc([C@@H]2C(=C(O)c3ccc4c(c3)C[C@H](C)O4)C(=O)C(=O)N2c2nc(C)c(C(=O)OC)s2)cc1OCC. The van der Waals surface area contributed by atoms with E-state index in [1.807, 2.05) is 20.8 Å². The Labute approximate surface area is 241 Å². The molecule has 2 aromatic carbocycles. The van der Waals surface area contributed by atoms with Crippen molar-refractivity contribution in [2.45, 2.75) is 46.3 Å². The molecular weight excluding hydrogens is 548 g/mol. The van der Waals surface area contributed by atoms with E-state index in [9.17, 15) is 19.5 Å². The highest BCUT2D eigenvalue weighted by molar-refractivity contribution is 7.17. The van der Waals surface area contributed by atoms with Crippen LogP contribution >= 0.6 is 11.3 Å². The second-order valence-electron chi connectivity index (χ2n) is 9.60. The molecular formula is C30H30N2O8S. The third-order valence-electron chi connectivity index (χ3n) is 6.86. The van der Waals surface area contributed by atoms with Crippen molar-refractivity contribution in [3.05, 3.63) is 69.2 Å². The number of Topliss-reactive ketones (excluding diaryl/α,β-unsaturated/α-hetero) is 1. The summed E-state index contributed by atoms with van der Waals surface area (Å²) in [5, 5.41) is 11.7. The largest absolute Gasteiger partial charge is 0.507 e. The van der Waals surface area contributed by atoms with Crippen LogP contribution in [0.5, 0.6) is 17.2 Å². The molecule has 2 aliphatic heterocycles. The lowest BCUT2D eigenvalue weighted by Crippen LogP contribution is -2.29. The van der Waals surface area contributed by atoms with Crippen LogP contribution in [0.1, 0.15) is 58.9 Å². The van der Waals surface area contributed by atoms with E-state index >= 15 is 0 Å². The zero-order valence-electron chi connectivity index (χ0n) is 23.3. The highest BCUT2D eigenvalue weighted by atomic mass is 32.1. The lowest BCUT2D eigenvalue weighted by atomic mass is 9.94. The Morgan fingerprint density at radius 2 is 1.85 bits per heavy atom. The van der Waals surface area contributed by atoms with Gasteiger partial charge in [0.2, 0.25) is 0 Å². The van der Waals surface area contributed by atoms with Crippen LogP contribution in [0.25, 0.3) is 5.76 Å². The van der Waals surface area contributed by atoms with Gasteiger partial charge in [-0.3, -0.25) is 14.5 Å². The van der Waals surface area contributed by atoms with Crippen molar-refractivity contribution >= 4 is 39.9 Å². The number of carbonyl (C=O) groups is 3. The molecule has 0 bridgehead atoms. The summed E-state index contributed by atoms with van der Waals surface area (Å²) in [5.74, 6) is -1.05. The quantitative estimate of drug-likeness (QED) is 0.170. The first kappa shape index (κ1) is 28.2. The van der Waals surface area contributed by atoms with Crippen LogP contribution in [-0.2, 0) is 20.7 Å². The highest BCUT2D eigenvalue weighted by Gasteiger charge is 2.48. The average Bonchev–Trinajstić information content (AvgIpc) is 3.60. The Morgan fingerprint density at radius 1 is 1.12 bits per heavy atom. The molecule has 3 aromatic rings. The fourth-order valence-electron chi connectivity index (χ4n) is 5.08. The van der Waals surface area contributed by atoms with Gasteiger partial charge in [0.05, 0.1) is 37.6 Å². The Morgan fingerprint density at radius 3 is 2.56 bits per heavy atom. The Hall–Kier alpha value is -4.38. The lowest BCUT2D eigenvalue weighted by molar-refractivity contribution is -0.132. The number of fused-ring (bicyclic) bond motifs is 1. The van der Waals surface area contributed by atoms with Crippen molar-refractivity contribution in [3.63, 3.8) is 0 Å². The number of ketones is 1. The highest BCUT2D eigenvalue weighted by Crippen LogP contribution is 2.46. The van der Waals surface area contributed by atoms with Crippen LogP contribution in [0.15, 0.2) is 42.0 Å². The number of thiazole rings is 1.